The van der Waals surface area contributed by atoms with Crippen LogP contribution in [0.3, 0.4) is 0 Å². The number of hydrogen-bond acceptors (Lipinski definition) is 8. The molecule has 0 radical (unpaired) electrons. The van der Waals surface area contributed by atoms with E-state index in [1.807, 2.05) is 19.2 Å². The van der Waals surface area contributed by atoms with Gasteiger partial charge in [0.15, 0.2) is 5.78 Å². The van der Waals surface area contributed by atoms with Crippen LogP contribution in [0.1, 0.15) is 142 Å². The molecule has 7 aliphatic carbocycles. The normalized spacial score (nSPS) is 43.5. The first-order chi connectivity index (χ1) is 27.2. The van der Waals surface area contributed by atoms with Gasteiger partial charge in [0.1, 0.15) is 17.6 Å². The van der Waals surface area contributed by atoms with Crippen molar-refractivity contribution in [2.45, 2.75) is 160 Å². The van der Waals surface area contributed by atoms with E-state index >= 15 is 4.79 Å². The van der Waals surface area contributed by atoms with E-state index in [0.29, 0.717) is 56.9 Å². The van der Waals surface area contributed by atoms with Gasteiger partial charge in [-0.05, 0) is 153 Å². The summed E-state index contributed by atoms with van der Waals surface area (Å²) < 4.78 is 6.47. The zero-order valence-corrected chi connectivity index (χ0v) is 36.2. The number of nitrogens with one attached hydrogen (secondary N) is 1. The summed E-state index contributed by atoms with van der Waals surface area (Å²) in [6.45, 7) is 16.0. The Kier molecular flexibility index (Phi) is 9.04. The number of phenolic OH excluding ortho intramolecular Hbond substituents is 1. The maximum atomic E-state index is 15.0. The number of anilines is 1. The Hall–Kier alpha value is -3.04. The molecule has 13 atom stereocenters. The largest absolute Gasteiger partial charge is 0.508 e. The quantitative estimate of drug-likeness (QED) is 0.126. The second-order valence-electron chi connectivity index (χ2n) is 22.0. The lowest BCUT2D eigenvalue weighted by atomic mass is 9.32. The molecule has 58 heavy (non-hydrogen) atoms. The zero-order valence-electron chi connectivity index (χ0n) is 36.2. The minimum Gasteiger partial charge on any atom is -0.508 e. The number of ether oxygens (including phenoxy) is 1. The number of allylic oxidation sites excluding steroid dienone is 2. The molecule has 0 spiro atoms. The lowest BCUT2D eigenvalue weighted by Crippen LogP contribution is -2.71. The molecule has 7 fully saturated rings. The maximum Gasteiger partial charge on any atom is 0.159 e. The maximum absolute atomic E-state index is 15.0. The molecule has 0 amide bonds. The fourth-order valence-electron chi connectivity index (χ4n) is 16.6. The van der Waals surface area contributed by atoms with Gasteiger partial charge in [0.2, 0.25) is 0 Å². The predicted molar refractivity (Wildman–Crippen MR) is 226 cm³/mol. The number of fused-ring (bicyclic) bond motifs is 5. The van der Waals surface area contributed by atoms with E-state index in [-0.39, 0.29) is 41.2 Å². The summed E-state index contributed by atoms with van der Waals surface area (Å²) >= 11 is 0. The number of ketones is 2. The number of aliphatic hydroxyl groups excluding tert-OH is 1. The minimum atomic E-state index is -1.10. The standard InChI is InChI=1S/C50H68N2O6/c1-28(19-37(54)41-48(7,58-41)35-14-10-13-34(35)30-11-9-12-32(51)22-30)40-36-15-16-39-45(4)26-49(31-20-29(25-52-8)21-33(53)23-31)17-18-50(57,42(45)44(2,3)43(49)56)27-47(39,6)46(36,5)24-38(40)55/h9,11-12,20-23,28,34-35,37,39,41-42,52-54,57H,10,13-19,24-27,51H2,1-8H3/t28-,34+,35-,37-,39-,41-,42+,45+,46+,47+,48-,49+,50+/m1/s1. The summed E-state index contributed by atoms with van der Waals surface area (Å²) in [6, 6.07) is 13.9. The van der Waals surface area contributed by atoms with E-state index in [4.69, 9.17) is 10.5 Å². The second kappa shape index (κ2) is 13.0. The van der Waals surface area contributed by atoms with Crippen LogP contribution >= 0.6 is 0 Å². The van der Waals surface area contributed by atoms with Crippen LogP contribution in [0.25, 0.3) is 0 Å². The van der Waals surface area contributed by atoms with Crippen LogP contribution in [0, 0.1) is 45.3 Å². The number of nitrogens with two attached hydrogens (primary N) is 1. The Balaban J connectivity index is 1.02. The Morgan fingerprint density at radius 2 is 1.74 bits per heavy atom. The van der Waals surface area contributed by atoms with E-state index in [1.54, 1.807) is 12.1 Å². The lowest BCUT2D eigenvalue weighted by molar-refractivity contribution is -0.252. The highest BCUT2D eigenvalue weighted by Crippen LogP contribution is 2.79. The predicted octanol–water partition coefficient (Wildman–Crippen LogP) is 8.30. The van der Waals surface area contributed by atoms with Crippen molar-refractivity contribution in [1.82, 2.24) is 5.32 Å². The van der Waals surface area contributed by atoms with Crippen molar-refractivity contribution in [1.29, 1.82) is 0 Å². The second-order valence-corrected chi connectivity index (χ2v) is 22.0. The number of carbonyl (C=O) groups excluding carboxylic acids is 2. The molecule has 4 bridgehead atoms. The number of Topliss-reactive ketones (excluding diaryl/α,β-unsaturated/α-hetero) is 2. The van der Waals surface area contributed by atoms with Crippen LogP contribution in [0.15, 0.2) is 53.6 Å². The van der Waals surface area contributed by atoms with Crippen molar-refractivity contribution in [3.8, 4) is 5.75 Å². The van der Waals surface area contributed by atoms with Crippen molar-refractivity contribution in [2.75, 3.05) is 12.8 Å². The molecule has 8 heteroatoms. The highest BCUT2D eigenvalue weighted by molar-refractivity contribution is 6.01. The summed E-state index contributed by atoms with van der Waals surface area (Å²) in [5, 5.41) is 39.4. The number of rotatable bonds is 9. The number of hydrogen-bond donors (Lipinski definition) is 5. The van der Waals surface area contributed by atoms with Crippen molar-refractivity contribution in [2.24, 2.45) is 45.3 Å². The molecule has 8 aliphatic rings. The lowest BCUT2D eigenvalue weighted by Gasteiger charge is -2.72. The van der Waals surface area contributed by atoms with Crippen molar-refractivity contribution < 1.29 is 29.6 Å². The van der Waals surface area contributed by atoms with Crippen molar-refractivity contribution >= 4 is 17.3 Å². The summed E-state index contributed by atoms with van der Waals surface area (Å²) in [6.07, 6.45) is 7.10. The van der Waals surface area contributed by atoms with Gasteiger partial charge in [0.25, 0.3) is 0 Å². The van der Waals surface area contributed by atoms with Crippen LogP contribution in [0.5, 0.6) is 5.75 Å². The van der Waals surface area contributed by atoms with E-state index in [9.17, 15) is 20.1 Å². The third kappa shape index (κ3) is 5.38. The first-order valence-corrected chi connectivity index (χ1v) is 22.4. The smallest absolute Gasteiger partial charge is 0.159 e. The Morgan fingerprint density at radius 3 is 2.47 bits per heavy atom. The van der Waals surface area contributed by atoms with Gasteiger partial charge in [0.05, 0.1) is 22.7 Å². The van der Waals surface area contributed by atoms with Gasteiger partial charge >= 0.3 is 0 Å². The molecule has 0 aromatic heterocycles. The molecular formula is C50H68N2O6. The number of nitrogen functional groups attached to an aromatic ring is 1. The molecule has 6 N–H and O–H groups in total. The van der Waals surface area contributed by atoms with E-state index in [1.165, 1.54) is 11.1 Å². The highest BCUT2D eigenvalue weighted by Gasteiger charge is 2.78. The van der Waals surface area contributed by atoms with Gasteiger partial charge in [-0.25, -0.2) is 0 Å². The van der Waals surface area contributed by atoms with Gasteiger partial charge in [-0.15, -0.1) is 0 Å². The summed E-state index contributed by atoms with van der Waals surface area (Å²) in [5.41, 5.74) is 7.77. The van der Waals surface area contributed by atoms with E-state index < -0.39 is 44.4 Å². The fourth-order valence-corrected chi connectivity index (χ4v) is 16.6. The molecule has 10 rings (SSSR count). The van der Waals surface area contributed by atoms with Crippen LogP contribution in [-0.4, -0.2) is 57.3 Å². The molecular weight excluding hydrogens is 725 g/mol. The van der Waals surface area contributed by atoms with Gasteiger partial charge in [-0.1, -0.05) is 71.7 Å². The molecule has 1 heterocycles. The molecule has 2 aromatic carbocycles. The molecule has 0 unspecified atom stereocenters. The summed E-state index contributed by atoms with van der Waals surface area (Å²) in [5.74, 6) is 1.01. The molecule has 1 saturated heterocycles. The topological polar surface area (TPSA) is 145 Å². The number of carbonyl (C=O) groups is 2. The Labute approximate surface area is 345 Å². The average molecular weight is 793 g/mol. The SMILES string of the molecule is CNCc1cc(O)cc([C@]23CC[C@]4(O)C[C@@]5(C)[C@H](CCC6=C([C@H](C)C[C@@H](O)[C@H]7O[C@]7(C)[C@@H]7CCC[C@H]7c7cccc(N)c7)C(=O)C[C@@]65C)[C@](C)(C2)[C@@H]4C(C)(C)C3=O)c1. The highest BCUT2D eigenvalue weighted by atomic mass is 16.6. The number of epoxide rings is 1. The average Bonchev–Trinajstić information content (AvgIpc) is 3.48. The third-order valence-electron chi connectivity index (χ3n) is 18.4. The zero-order chi connectivity index (χ0) is 41.6. The van der Waals surface area contributed by atoms with Crippen LogP contribution < -0.4 is 11.1 Å². The van der Waals surface area contributed by atoms with Gasteiger partial charge < -0.3 is 31.1 Å². The molecule has 6 saturated carbocycles. The molecule has 2 aromatic rings. The van der Waals surface area contributed by atoms with Crippen molar-refractivity contribution in [3.05, 3.63) is 70.3 Å². The molecule has 1 aliphatic heterocycles. The number of aliphatic hydroxyl groups is 2. The molecule has 314 valence electrons. The summed E-state index contributed by atoms with van der Waals surface area (Å²) in [7, 11) is 1.88. The monoisotopic (exact) mass is 793 g/mol. The van der Waals surface area contributed by atoms with Crippen LogP contribution in [-0.2, 0) is 26.3 Å². The van der Waals surface area contributed by atoms with Gasteiger partial charge in [-0.2, -0.15) is 0 Å². The Morgan fingerprint density at radius 1 is 0.983 bits per heavy atom. The first-order valence-electron chi connectivity index (χ1n) is 22.4. The first kappa shape index (κ1) is 40.4. The summed E-state index contributed by atoms with van der Waals surface area (Å²) in [4.78, 5) is 29.6. The molecule has 8 nitrogen and oxygen atoms in total. The van der Waals surface area contributed by atoms with E-state index in [0.717, 1.165) is 54.5 Å². The number of benzene rings is 2. The van der Waals surface area contributed by atoms with Crippen LogP contribution in [0.2, 0.25) is 0 Å². The van der Waals surface area contributed by atoms with Gasteiger partial charge in [-0.3, -0.25) is 9.59 Å². The van der Waals surface area contributed by atoms with Crippen LogP contribution in [0.4, 0.5) is 5.69 Å². The van der Waals surface area contributed by atoms with Crippen molar-refractivity contribution in [3.63, 3.8) is 0 Å². The van der Waals surface area contributed by atoms with E-state index in [2.05, 4.69) is 72.0 Å². The Bertz CT molecular complexity index is 2090. The minimum absolute atomic E-state index is 0.126. The third-order valence-corrected chi connectivity index (χ3v) is 18.4. The number of phenols is 1. The number of aromatic hydroxyl groups is 1. The fraction of sp³-hybridized carbons (Fsp3) is 0.680. The van der Waals surface area contributed by atoms with Gasteiger partial charge in [0, 0.05) is 35.4 Å².